The zero-order chi connectivity index (χ0) is 7.40. The van der Waals surface area contributed by atoms with Crippen molar-refractivity contribution in [3.8, 4) is 0 Å². The normalized spacial score (nSPS) is 20.8. The van der Waals surface area contributed by atoms with E-state index in [1.165, 1.54) is 23.2 Å². The summed E-state index contributed by atoms with van der Waals surface area (Å²) in [6.07, 6.45) is 2.94. The molecule has 0 unspecified atom stereocenters. The van der Waals surface area contributed by atoms with Gasteiger partial charge in [0.2, 0.25) is 0 Å². The minimum atomic E-state index is -0.346. The molecule has 0 saturated carbocycles. The van der Waals surface area contributed by atoms with Gasteiger partial charge in [-0.2, -0.15) is 0 Å². The zero-order valence-electron chi connectivity index (χ0n) is 4.94. The molecule has 0 radical (unpaired) electrons. The highest BCUT2D eigenvalue weighted by molar-refractivity contribution is 8.05. The summed E-state index contributed by atoms with van der Waals surface area (Å²) in [6.45, 7) is 0. The molecule has 1 aliphatic rings. The molecule has 0 fully saturated rings. The molecule has 0 aromatic rings. The minimum Gasteiger partial charge on any atom is -0.416 e. The van der Waals surface area contributed by atoms with Gasteiger partial charge in [-0.05, 0) is 11.5 Å². The molecule has 0 N–H and O–H groups in total. The molecule has 1 heterocycles. The third-order valence-corrected chi connectivity index (χ3v) is 1.65. The number of hydrogen-bond donors (Lipinski definition) is 0. The van der Waals surface area contributed by atoms with E-state index in [0.717, 1.165) is 0 Å². The molecular weight excluding hydrogens is 168 g/mol. The maximum absolute atomic E-state index is 10.5. The van der Waals surface area contributed by atoms with E-state index in [4.69, 9.17) is 4.74 Å². The first kappa shape index (κ1) is 7.50. The van der Waals surface area contributed by atoms with E-state index < -0.39 is 0 Å². The van der Waals surface area contributed by atoms with Crippen LogP contribution < -0.4 is 0 Å². The average Bonchev–Trinajstić information content (AvgIpc) is 1.88. The Labute approximate surface area is 67.9 Å². The van der Waals surface area contributed by atoms with Gasteiger partial charge in [-0.1, -0.05) is 24.0 Å². The summed E-state index contributed by atoms with van der Waals surface area (Å²) >= 11 is 5.87. The standard InChI is InChI=1S/C6H4O2S2/c7-5-2-4-10-6(8-5)1-3-9/h1-4H/b6-1+. The highest BCUT2D eigenvalue weighted by atomic mass is 32.2. The van der Waals surface area contributed by atoms with Crippen molar-refractivity contribution in [2.45, 2.75) is 0 Å². The van der Waals surface area contributed by atoms with E-state index in [-0.39, 0.29) is 5.97 Å². The number of thioether (sulfide) groups is 1. The van der Waals surface area contributed by atoms with Gasteiger partial charge in [0.25, 0.3) is 0 Å². The number of thiocarbonyl (C=S) groups is 1. The van der Waals surface area contributed by atoms with Gasteiger partial charge in [-0.3, -0.25) is 0 Å². The lowest BCUT2D eigenvalue weighted by Crippen LogP contribution is -2.01. The molecule has 0 amide bonds. The van der Waals surface area contributed by atoms with E-state index in [1.807, 2.05) is 0 Å². The molecule has 10 heavy (non-hydrogen) atoms. The van der Waals surface area contributed by atoms with Crippen LogP contribution in [-0.2, 0) is 9.53 Å². The van der Waals surface area contributed by atoms with Crippen molar-refractivity contribution >= 4 is 35.3 Å². The highest BCUT2D eigenvalue weighted by Gasteiger charge is 2.07. The Morgan fingerprint density at radius 1 is 1.70 bits per heavy atom. The van der Waals surface area contributed by atoms with Gasteiger partial charge in [0.1, 0.15) is 0 Å². The lowest BCUT2D eigenvalue weighted by molar-refractivity contribution is -0.132. The van der Waals surface area contributed by atoms with Crippen LogP contribution in [0.25, 0.3) is 0 Å². The second-order valence-corrected chi connectivity index (χ2v) is 2.65. The molecule has 0 spiro atoms. The maximum atomic E-state index is 10.5. The van der Waals surface area contributed by atoms with E-state index >= 15 is 0 Å². The van der Waals surface area contributed by atoms with Gasteiger partial charge < -0.3 is 4.74 Å². The fraction of sp³-hybridized carbons (Fsp3) is 0. The molecule has 0 aromatic heterocycles. The van der Waals surface area contributed by atoms with Crippen molar-refractivity contribution in [1.29, 1.82) is 0 Å². The monoisotopic (exact) mass is 172 g/mol. The smallest absolute Gasteiger partial charge is 0.337 e. The SMILES string of the molecule is O=C1C=CS/C(=C/C=S)O1. The number of ether oxygens (including phenoxy) is 1. The van der Waals surface area contributed by atoms with Gasteiger partial charge in [-0.25, -0.2) is 4.79 Å². The first-order valence-electron chi connectivity index (χ1n) is 2.53. The number of cyclic esters (lactones) is 1. The fourth-order valence-electron chi connectivity index (χ4n) is 0.443. The number of allylic oxidation sites excluding steroid dienone is 1. The van der Waals surface area contributed by atoms with Crippen molar-refractivity contribution in [3.63, 3.8) is 0 Å². The van der Waals surface area contributed by atoms with Crippen LogP contribution in [0.4, 0.5) is 0 Å². The predicted molar refractivity (Wildman–Crippen MR) is 44.6 cm³/mol. The summed E-state index contributed by atoms with van der Waals surface area (Å²) in [5.74, 6) is -0.346. The Bertz CT molecular complexity index is 218. The van der Waals surface area contributed by atoms with Crippen LogP contribution >= 0.6 is 24.0 Å². The highest BCUT2D eigenvalue weighted by Crippen LogP contribution is 2.21. The molecule has 1 aliphatic heterocycles. The van der Waals surface area contributed by atoms with E-state index in [2.05, 4.69) is 12.2 Å². The maximum Gasteiger partial charge on any atom is 0.337 e. The molecule has 4 heteroatoms. The summed E-state index contributed by atoms with van der Waals surface area (Å²) < 4.78 is 4.73. The number of esters is 1. The van der Waals surface area contributed by atoms with Crippen LogP contribution in [0, 0.1) is 0 Å². The molecule has 0 aromatic carbocycles. The molecule has 52 valence electrons. The Kier molecular flexibility index (Phi) is 2.65. The quantitative estimate of drug-likeness (QED) is 0.341. The first-order chi connectivity index (χ1) is 4.83. The van der Waals surface area contributed by atoms with Crippen molar-refractivity contribution in [3.05, 3.63) is 22.7 Å². The van der Waals surface area contributed by atoms with Crippen molar-refractivity contribution in [1.82, 2.24) is 0 Å². The van der Waals surface area contributed by atoms with Crippen molar-refractivity contribution in [2.24, 2.45) is 0 Å². The second-order valence-electron chi connectivity index (χ2n) is 1.46. The van der Waals surface area contributed by atoms with E-state index in [0.29, 0.717) is 5.09 Å². The summed E-state index contributed by atoms with van der Waals surface area (Å²) in [4.78, 5) is 10.5. The fourth-order valence-corrected chi connectivity index (χ4v) is 1.24. The lowest BCUT2D eigenvalue weighted by Gasteiger charge is -2.05. The second kappa shape index (κ2) is 3.53. The minimum absolute atomic E-state index is 0.346. The predicted octanol–water partition coefficient (Wildman–Crippen LogP) is 1.63. The molecule has 0 aliphatic carbocycles. The number of rotatable bonds is 1. The van der Waals surface area contributed by atoms with Crippen LogP contribution in [0.3, 0.4) is 0 Å². The number of hydrogen-bond acceptors (Lipinski definition) is 4. The molecule has 0 atom stereocenters. The van der Waals surface area contributed by atoms with Gasteiger partial charge in [0.15, 0.2) is 5.09 Å². The summed E-state index contributed by atoms with van der Waals surface area (Å²) in [7, 11) is 0. The van der Waals surface area contributed by atoms with Gasteiger partial charge in [0.05, 0.1) is 0 Å². The van der Waals surface area contributed by atoms with E-state index in [1.54, 1.807) is 11.5 Å². The molecule has 0 bridgehead atoms. The molecule has 1 rings (SSSR count). The van der Waals surface area contributed by atoms with Crippen molar-refractivity contribution in [2.75, 3.05) is 0 Å². The largest absolute Gasteiger partial charge is 0.416 e. The third-order valence-electron chi connectivity index (χ3n) is 0.794. The van der Waals surface area contributed by atoms with E-state index in [9.17, 15) is 4.79 Å². The van der Waals surface area contributed by atoms with Crippen LogP contribution in [0.15, 0.2) is 22.7 Å². The zero-order valence-corrected chi connectivity index (χ0v) is 6.58. The number of carbonyl (C=O) groups is 1. The summed E-state index contributed by atoms with van der Waals surface area (Å²) in [5, 5.41) is 3.60. The van der Waals surface area contributed by atoms with Gasteiger partial charge in [0, 0.05) is 11.4 Å². The van der Waals surface area contributed by atoms with Crippen LogP contribution in [0.1, 0.15) is 0 Å². The number of carbonyl (C=O) groups excluding carboxylic acids is 1. The Balaban J connectivity index is 2.68. The Morgan fingerprint density at radius 3 is 3.10 bits per heavy atom. The van der Waals surface area contributed by atoms with Gasteiger partial charge in [-0.15, -0.1) is 0 Å². The lowest BCUT2D eigenvalue weighted by atomic mass is 10.6. The molecular formula is C6H4O2S2. The Morgan fingerprint density at radius 2 is 2.50 bits per heavy atom. The summed E-state index contributed by atoms with van der Waals surface area (Å²) in [5.41, 5.74) is 0. The van der Waals surface area contributed by atoms with Crippen molar-refractivity contribution < 1.29 is 9.53 Å². The van der Waals surface area contributed by atoms with Crippen LogP contribution in [0.5, 0.6) is 0 Å². The summed E-state index contributed by atoms with van der Waals surface area (Å²) in [6, 6.07) is 0. The third kappa shape index (κ3) is 1.97. The first-order valence-corrected chi connectivity index (χ1v) is 3.88. The topological polar surface area (TPSA) is 26.3 Å². The van der Waals surface area contributed by atoms with Crippen LogP contribution in [-0.4, -0.2) is 11.3 Å². The van der Waals surface area contributed by atoms with Gasteiger partial charge >= 0.3 is 5.97 Å². The molecule has 2 nitrogen and oxygen atoms in total. The average molecular weight is 172 g/mol. The van der Waals surface area contributed by atoms with Crippen LogP contribution in [0.2, 0.25) is 0 Å². The molecule has 0 saturated heterocycles. The Hall–Kier alpha value is -0.610.